The van der Waals surface area contributed by atoms with Crippen LogP contribution in [0.1, 0.15) is 169 Å². The molecule has 0 atom stereocenters. The Kier molecular flexibility index (Phi) is 15.3. The molecule has 128 heavy (non-hydrogen) atoms. The first kappa shape index (κ1) is 70.4. The van der Waals surface area contributed by atoms with Gasteiger partial charge in [-0.15, -0.1) is 0 Å². The monoisotopic (exact) mass is 1670 g/mol. The summed E-state index contributed by atoms with van der Waals surface area (Å²) in [6, 6.07) is 98.0. The lowest BCUT2D eigenvalue weighted by atomic mass is 9.33. The van der Waals surface area contributed by atoms with Gasteiger partial charge in [-0.2, -0.15) is 0 Å². The molecule has 16 aromatic carbocycles. The van der Waals surface area contributed by atoms with Gasteiger partial charge in [-0.05, 0) is 256 Å². The molecule has 0 amide bonds. The van der Waals surface area contributed by atoms with E-state index < -0.39 is 43.0 Å². The van der Waals surface area contributed by atoms with Crippen LogP contribution in [-0.4, -0.2) is 25.0 Å². The molecule has 8 heteroatoms. The van der Waals surface area contributed by atoms with Crippen LogP contribution in [0.4, 0.5) is 34.1 Å². The SMILES string of the molecule is [2H]c1c([2H])c([2H])c2c(c1[2H])c1c([2H])c([2H])c([2H])c([2H])c1n2-c1ccc2c(c1)N(c1cccc3c1oc1c(-n4c5ccc(C(C)(C)C)cc5c5cc(C(C)(C)C)ccc54)cccc13)c1cc(-n3c4ccc(C(C)(C)C)cc4c4cc(C(C)(C)C)ccc43)cc3c1B2c1ccc(-n2c4ccc(C(C)(C)C)cc4c4cc(C(C)(C)C)ccc42)cc1N3c1cc(-c2ccccc2)cc(-c2ccccc2)c1. The lowest BCUT2D eigenvalue weighted by Crippen LogP contribution is -2.61. The van der Waals surface area contributed by atoms with Gasteiger partial charge in [0.15, 0.2) is 11.2 Å². The first-order valence-electron chi connectivity index (χ1n) is 49.1. The molecule has 0 radical (unpaired) electrons. The molecule has 0 fully saturated rings. The number of anilines is 6. The second kappa shape index (κ2) is 27.8. The molecule has 0 unspecified atom stereocenters. The minimum Gasteiger partial charge on any atom is -0.452 e. The van der Waals surface area contributed by atoms with E-state index in [4.69, 9.17) is 4.42 Å². The Labute approximate surface area is 762 Å². The largest absolute Gasteiger partial charge is 0.452 e. The minimum atomic E-state index is -0.587. The van der Waals surface area contributed by atoms with E-state index >= 15 is 0 Å². The molecule has 7 nitrogen and oxygen atoms in total. The van der Waals surface area contributed by atoms with E-state index in [1.165, 1.54) is 44.2 Å². The van der Waals surface area contributed by atoms with Gasteiger partial charge in [-0.1, -0.05) is 294 Å². The molecule has 0 saturated carbocycles. The summed E-state index contributed by atoms with van der Waals surface area (Å²) < 4.78 is 94.2. The zero-order chi connectivity index (χ0) is 95.0. The van der Waals surface area contributed by atoms with Crippen molar-refractivity contribution in [3.05, 3.63) is 355 Å². The number of furan rings is 1. The Balaban J connectivity index is 0.897. The van der Waals surface area contributed by atoms with Crippen LogP contribution in [0.25, 0.3) is 154 Å². The van der Waals surface area contributed by atoms with Crippen LogP contribution < -0.4 is 26.2 Å². The third-order valence-electron chi connectivity index (χ3n) is 27.7. The minimum absolute atomic E-state index is 0.00981. The van der Waals surface area contributed by atoms with Gasteiger partial charge in [-0.3, -0.25) is 0 Å². The van der Waals surface area contributed by atoms with Crippen LogP contribution >= 0.6 is 0 Å². The highest BCUT2D eigenvalue weighted by molar-refractivity contribution is 7.00. The van der Waals surface area contributed by atoms with Gasteiger partial charge in [0.2, 0.25) is 0 Å². The fourth-order valence-electron chi connectivity index (χ4n) is 20.7. The lowest BCUT2D eigenvalue weighted by molar-refractivity contribution is 0.590. The van der Waals surface area contributed by atoms with Crippen molar-refractivity contribution in [2.24, 2.45) is 0 Å². The van der Waals surface area contributed by atoms with Gasteiger partial charge in [0.25, 0.3) is 6.71 Å². The molecular formula is C120H107BN6O. The van der Waals surface area contributed by atoms with Gasteiger partial charge >= 0.3 is 0 Å². The zero-order valence-electron chi connectivity index (χ0n) is 84.1. The Hall–Kier alpha value is -13.8. The van der Waals surface area contributed by atoms with Crippen molar-refractivity contribution in [1.82, 2.24) is 18.3 Å². The number of nitrogens with zero attached hydrogens (tertiary/aromatic N) is 6. The summed E-state index contributed by atoms with van der Waals surface area (Å²) in [6.45, 7) is 40.5. The van der Waals surface area contributed by atoms with E-state index in [9.17, 15) is 11.0 Å². The molecule has 0 bridgehead atoms. The van der Waals surface area contributed by atoms with E-state index in [2.05, 4.69) is 415 Å². The average molecular weight is 1670 g/mol. The maximum Gasteiger partial charge on any atom is 0.252 e. The molecule has 0 saturated heterocycles. The van der Waals surface area contributed by atoms with Crippen LogP contribution in [0.15, 0.2) is 326 Å². The number of rotatable bonds is 8. The molecule has 21 aromatic rings. The summed E-state index contributed by atoms with van der Waals surface area (Å²) in [7, 11) is 0. The number of aromatic nitrogens is 4. The Morgan fingerprint density at radius 3 is 0.945 bits per heavy atom. The van der Waals surface area contributed by atoms with Gasteiger partial charge < -0.3 is 32.5 Å². The molecule has 7 heterocycles. The summed E-state index contributed by atoms with van der Waals surface area (Å²) in [5.41, 5.74) is 29.1. The molecular weight excluding hydrogens is 1550 g/mol. The van der Waals surface area contributed by atoms with Crippen LogP contribution in [0.2, 0.25) is 0 Å². The van der Waals surface area contributed by atoms with Crippen LogP contribution in [0.3, 0.4) is 0 Å². The van der Waals surface area contributed by atoms with E-state index in [0.29, 0.717) is 28.2 Å². The van der Waals surface area contributed by atoms with Crippen LogP contribution in [0, 0.1) is 0 Å². The second-order valence-electron chi connectivity index (χ2n) is 42.1. The summed E-state index contributed by atoms with van der Waals surface area (Å²) in [5.74, 6) is 0. The van der Waals surface area contributed by atoms with E-state index in [0.717, 1.165) is 144 Å². The Morgan fingerprint density at radius 1 is 0.227 bits per heavy atom. The fourth-order valence-corrected chi connectivity index (χ4v) is 20.7. The second-order valence-corrected chi connectivity index (χ2v) is 42.1. The number of benzene rings is 16. The number of fused-ring (bicyclic) bond motifs is 19. The zero-order valence-corrected chi connectivity index (χ0v) is 76.1. The maximum absolute atomic E-state index is 10.1. The molecule has 0 spiro atoms. The van der Waals surface area contributed by atoms with E-state index in [1.807, 2.05) is 6.07 Å². The first-order chi connectivity index (χ1) is 64.6. The quantitative estimate of drug-likeness (QED) is 0.142. The lowest BCUT2D eigenvalue weighted by Gasteiger charge is -2.44. The van der Waals surface area contributed by atoms with Crippen molar-refractivity contribution in [3.63, 3.8) is 0 Å². The predicted molar refractivity (Wildman–Crippen MR) is 548 cm³/mol. The molecule has 0 N–H and O–H groups in total. The molecule has 23 rings (SSSR count). The van der Waals surface area contributed by atoms with Crippen LogP contribution in [-0.2, 0) is 32.5 Å². The summed E-state index contributed by atoms with van der Waals surface area (Å²) in [6.07, 6.45) is 0. The maximum atomic E-state index is 10.1. The van der Waals surface area contributed by atoms with Crippen molar-refractivity contribution < 1.29 is 15.4 Å². The standard InChI is InChI=1S/C120H107BN6O/c1-115(2,3)76-43-53-100-90(62-76)91-63-77(116(4,5)6)44-54-101(91)123(100)82-49-51-96-108(68-82)125(84-60-74(72-31-21-19-22-32-72)59-75(61-84)73-33-23-20-24-34-73)110-70-85(124-102-55-45-78(117(7,8)9)64-92(102)93-65-79(118(10,11)12)46-56-103(93)124)71-111-112(110)121(96)97-52-50-83(122-98-39-27-25-35-86(98)87-36-26-28-40-99(87)122)69-109(97)127(111)107-42-30-38-89-88-37-29-41-106(113(88)128-114(89)107)126-104-57-47-80(119(13,14)15)66-94(104)95-67-81(120(16,17)18)48-58-105(95)126/h19-71H,1-18H3/i25D,26D,27D,28D,35D,36D,39D,40D. The van der Waals surface area contributed by atoms with E-state index in [-0.39, 0.29) is 66.4 Å². The van der Waals surface area contributed by atoms with Crippen molar-refractivity contribution in [3.8, 4) is 45.0 Å². The van der Waals surface area contributed by atoms with Gasteiger partial charge in [-0.25, -0.2) is 0 Å². The molecule has 2 aliphatic heterocycles. The number of para-hydroxylation sites is 4. The Morgan fingerprint density at radius 2 is 0.555 bits per heavy atom. The van der Waals surface area contributed by atoms with Gasteiger partial charge in [0, 0.05) is 93.7 Å². The van der Waals surface area contributed by atoms with E-state index in [1.54, 1.807) is 4.57 Å². The highest BCUT2D eigenvalue weighted by Gasteiger charge is 2.46. The summed E-state index contributed by atoms with van der Waals surface area (Å²) in [5, 5.41) is 8.62. The smallest absolute Gasteiger partial charge is 0.252 e. The number of hydrogen-bond acceptors (Lipinski definition) is 3. The average Bonchev–Trinajstić information content (AvgIpc) is 0.727. The molecule has 0 aliphatic carbocycles. The van der Waals surface area contributed by atoms with Crippen molar-refractivity contribution >= 4 is 166 Å². The predicted octanol–water partition coefficient (Wildman–Crippen LogP) is 31.2. The summed E-state index contributed by atoms with van der Waals surface area (Å²) >= 11 is 0. The van der Waals surface area contributed by atoms with Gasteiger partial charge in [0.05, 0.1) is 72.2 Å². The highest BCUT2D eigenvalue weighted by Crippen LogP contribution is 2.53. The number of hydrogen-bond donors (Lipinski definition) is 0. The third-order valence-corrected chi connectivity index (χ3v) is 27.7. The summed E-state index contributed by atoms with van der Waals surface area (Å²) in [4.78, 5) is 4.92. The molecule has 5 aromatic heterocycles. The van der Waals surface area contributed by atoms with Crippen molar-refractivity contribution in [1.29, 1.82) is 0 Å². The highest BCUT2D eigenvalue weighted by atomic mass is 16.3. The van der Waals surface area contributed by atoms with Crippen LogP contribution in [0.5, 0.6) is 0 Å². The fraction of sp³-hybridized carbons (Fsp3) is 0.200. The normalized spacial score (nSPS) is 14.4. The van der Waals surface area contributed by atoms with Crippen molar-refractivity contribution in [2.45, 2.75) is 157 Å². The third kappa shape index (κ3) is 12.3. The van der Waals surface area contributed by atoms with Crippen molar-refractivity contribution in [2.75, 3.05) is 9.80 Å². The molecule has 626 valence electrons. The Bertz CT molecular complexity index is 8440. The molecule has 2 aliphatic rings. The van der Waals surface area contributed by atoms with Gasteiger partial charge in [0.1, 0.15) is 0 Å². The first-order valence-corrected chi connectivity index (χ1v) is 45.1. The topological polar surface area (TPSA) is 39.3 Å².